The fourth-order valence-electron chi connectivity index (χ4n) is 3.59. The number of carboxylic acid groups (broad SMARTS) is 1. The van der Waals surface area contributed by atoms with Crippen LogP contribution in [0.3, 0.4) is 0 Å². The molecule has 1 aromatic heterocycles. The van der Waals surface area contributed by atoms with E-state index < -0.39 is 17.9 Å². The van der Waals surface area contributed by atoms with E-state index in [1.807, 2.05) is 30.3 Å². The molecule has 3 aromatic rings. The first-order valence-corrected chi connectivity index (χ1v) is 11.8. The summed E-state index contributed by atoms with van der Waals surface area (Å²) in [5.41, 5.74) is 2.35. The van der Waals surface area contributed by atoms with Gasteiger partial charge in [-0.1, -0.05) is 67.4 Å². The zero-order chi connectivity index (χ0) is 25.2. The van der Waals surface area contributed by atoms with Crippen molar-refractivity contribution in [2.75, 3.05) is 6.54 Å². The molecule has 2 N–H and O–H groups in total. The Morgan fingerprint density at radius 1 is 1.00 bits per heavy atom. The maximum absolute atomic E-state index is 13.1. The van der Waals surface area contributed by atoms with E-state index >= 15 is 0 Å². The summed E-state index contributed by atoms with van der Waals surface area (Å²) in [6.07, 6.45) is 3.49. The van der Waals surface area contributed by atoms with Crippen LogP contribution in [0.25, 0.3) is 0 Å². The van der Waals surface area contributed by atoms with Crippen molar-refractivity contribution in [3.05, 3.63) is 100 Å². The van der Waals surface area contributed by atoms with Gasteiger partial charge in [0.25, 0.3) is 11.8 Å². The van der Waals surface area contributed by atoms with Gasteiger partial charge in [0.1, 0.15) is 11.2 Å². The summed E-state index contributed by atoms with van der Waals surface area (Å²) < 4.78 is 0. The van der Waals surface area contributed by atoms with Crippen molar-refractivity contribution in [2.24, 2.45) is 0 Å². The average molecular weight is 494 g/mol. The molecule has 1 atom stereocenters. The van der Waals surface area contributed by atoms with Crippen LogP contribution in [0, 0.1) is 0 Å². The van der Waals surface area contributed by atoms with E-state index in [1.54, 1.807) is 41.3 Å². The van der Waals surface area contributed by atoms with Gasteiger partial charge in [0, 0.05) is 31.3 Å². The number of unbranched alkanes of at least 4 members (excludes halogenated alkanes) is 1. The Hall–Kier alpha value is -3.71. The van der Waals surface area contributed by atoms with Gasteiger partial charge >= 0.3 is 5.97 Å². The van der Waals surface area contributed by atoms with Crippen LogP contribution < -0.4 is 5.32 Å². The fraction of sp³-hybridized carbons (Fsp3) is 0.259. The zero-order valence-electron chi connectivity index (χ0n) is 19.5. The Balaban J connectivity index is 1.68. The molecular formula is C27H28ClN3O4. The largest absolute Gasteiger partial charge is 0.480 e. The third kappa shape index (κ3) is 7.39. The number of carboxylic acids is 1. The Morgan fingerprint density at radius 3 is 2.34 bits per heavy atom. The second kappa shape index (κ2) is 12.7. The lowest BCUT2D eigenvalue weighted by molar-refractivity contribution is -0.139. The smallest absolute Gasteiger partial charge is 0.326 e. The molecule has 0 saturated carbocycles. The number of benzene rings is 2. The summed E-state index contributed by atoms with van der Waals surface area (Å²) in [5.74, 6) is -1.78. The predicted molar refractivity (Wildman–Crippen MR) is 134 cm³/mol. The monoisotopic (exact) mass is 493 g/mol. The summed E-state index contributed by atoms with van der Waals surface area (Å²) in [7, 11) is 0. The fourth-order valence-corrected chi connectivity index (χ4v) is 3.79. The van der Waals surface area contributed by atoms with E-state index in [-0.39, 0.29) is 17.5 Å². The lowest BCUT2D eigenvalue weighted by Crippen LogP contribution is -2.42. The van der Waals surface area contributed by atoms with Crippen molar-refractivity contribution >= 4 is 29.4 Å². The van der Waals surface area contributed by atoms with Gasteiger partial charge in [-0.15, -0.1) is 0 Å². The van der Waals surface area contributed by atoms with E-state index in [0.29, 0.717) is 24.2 Å². The number of nitrogens with one attached hydrogen (secondary N) is 1. The van der Waals surface area contributed by atoms with Crippen molar-refractivity contribution in [1.29, 1.82) is 0 Å². The molecule has 3 rings (SSSR count). The zero-order valence-corrected chi connectivity index (χ0v) is 20.2. The minimum atomic E-state index is -1.10. The molecular weight excluding hydrogens is 466 g/mol. The average Bonchev–Trinajstić information content (AvgIpc) is 2.87. The number of carbonyl (C=O) groups is 3. The van der Waals surface area contributed by atoms with Crippen LogP contribution in [0.2, 0.25) is 5.15 Å². The number of aromatic nitrogens is 1. The number of halogens is 1. The number of carbonyl (C=O) groups excluding carboxylic acids is 2. The van der Waals surface area contributed by atoms with E-state index in [1.165, 1.54) is 6.20 Å². The van der Waals surface area contributed by atoms with Crippen molar-refractivity contribution in [2.45, 2.75) is 38.8 Å². The lowest BCUT2D eigenvalue weighted by atomic mass is 10.0. The number of rotatable bonds is 11. The number of amides is 2. The molecule has 0 aliphatic carbocycles. The Morgan fingerprint density at radius 2 is 1.71 bits per heavy atom. The quantitative estimate of drug-likeness (QED) is 0.380. The van der Waals surface area contributed by atoms with Crippen molar-refractivity contribution in [1.82, 2.24) is 15.2 Å². The topological polar surface area (TPSA) is 99.6 Å². The van der Waals surface area contributed by atoms with Crippen LogP contribution in [0.4, 0.5) is 0 Å². The Bertz CT molecular complexity index is 1150. The molecule has 0 radical (unpaired) electrons. The normalized spacial score (nSPS) is 11.5. The summed E-state index contributed by atoms with van der Waals surface area (Å²) in [6, 6.07) is 18.2. The van der Waals surface area contributed by atoms with Gasteiger partial charge in [0.15, 0.2) is 0 Å². The SMILES string of the molecule is CCCCN(Cc1ccc(C(=O)N[C@@H](Cc2ccccc2)C(=O)O)cc1)C(=O)c1cccnc1Cl. The third-order valence-corrected chi connectivity index (χ3v) is 5.84. The lowest BCUT2D eigenvalue weighted by Gasteiger charge is -2.23. The summed E-state index contributed by atoms with van der Waals surface area (Å²) in [6.45, 7) is 2.95. The van der Waals surface area contributed by atoms with Crippen molar-refractivity contribution in [3.8, 4) is 0 Å². The highest BCUT2D eigenvalue weighted by Crippen LogP contribution is 2.17. The molecule has 0 bridgehead atoms. The number of nitrogens with zero attached hydrogens (tertiary/aromatic N) is 2. The molecule has 35 heavy (non-hydrogen) atoms. The van der Waals surface area contributed by atoms with Gasteiger partial charge < -0.3 is 15.3 Å². The van der Waals surface area contributed by atoms with Crippen LogP contribution in [0.1, 0.15) is 51.6 Å². The van der Waals surface area contributed by atoms with E-state index in [2.05, 4.69) is 17.2 Å². The minimum Gasteiger partial charge on any atom is -0.480 e. The van der Waals surface area contributed by atoms with E-state index in [9.17, 15) is 19.5 Å². The molecule has 0 spiro atoms. The van der Waals surface area contributed by atoms with Crippen LogP contribution in [0.5, 0.6) is 0 Å². The molecule has 0 unspecified atom stereocenters. The molecule has 182 valence electrons. The summed E-state index contributed by atoms with van der Waals surface area (Å²) in [5, 5.41) is 12.3. The number of pyridine rings is 1. The molecule has 0 aliphatic rings. The van der Waals surface area contributed by atoms with Gasteiger partial charge in [0.2, 0.25) is 0 Å². The maximum atomic E-state index is 13.1. The summed E-state index contributed by atoms with van der Waals surface area (Å²) >= 11 is 6.13. The first-order chi connectivity index (χ1) is 16.9. The molecule has 7 nitrogen and oxygen atoms in total. The highest BCUT2D eigenvalue weighted by Gasteiger charge is 2.22. The van der Waals surface area contributed by atoms with Gasteiger partial charge in [-0.05, 0) is 41.8 Å². The molecule has 2 aromatic carbocycles. The van der Waals surface area contributed by atoms with Crippen molar-refractivity contribution < 1.29 is 19.5 Å². The van der Waals surface area contributed by atoms with Crippen molar-refractivity contribution in [3.63, 3.8) is 0 Å². The van der Waals surface area contributed by atoms with Gasteiger partial charge in [-0.2, -0.15) is 0 Å². The molecule has 2 amide bonds. The first kappa shape index (κ1) is 25.9. The highest BCUT2D eigenvalue weighted by molar-refractivity contribution is 6.32. The maximum Gasteiger partial charge on any atom is 0.326 e. The Labute approximate surface area is 209 Å². The summed E-state index contributed by atoms with van der Waals surface area (Å²) in [4.78, 5) is 43.1. The minimum absolute atomic E-state index is 0.162. The molecule has 0 saturated heterocycles. The number of aliphatic carboxylic acids is 1. The van der Waals surface area contributed by atoms with Gasteiger partial charge in [-0.3, -0.25) is 9.59 Å². The third-order valence-electron chi connectivity index (χ3n) is 5.53. The molecule has 1 heterocycles. The molecule has 8 heteroatoms. The molecule has 0 fully saturated rings. The number of hydrogen-bond donors (Lipinski definition) is 2. The highest BCUT2D eigenvalue weighted by atomic mass is 35.5. The van der Waals surface area contributed by atoms with Crippen LogP contribution in [-0.4, -0.2) is 45.4 Å². The van der Waals surface area contributed by atoms with Gasteiger partial charge in [-0.25, -0.2) is 9.78 Å². The Kier molecular flexibility index (Phi) is 9.38. The van der Waals surface area contributed by atoms with Crippen LogP contribution in [-0.2, 0) is 17.8 Å². The predicted octanol–water partition coefficient (Wildman–Crippen LogP) is 4.60. The second-order valence-corrected chi connectivity index (χ2v) is 8.53. The number of hydrogen-bond acceptors (Lipinski definition) is 4. The molecule has 0 aliphatic heterocycles. The van der Waals surface area contributed by atoms with Gasteiger partial charge in [0.05, 0.1) is 5.56 Å². The van der Waals surface area contributed by atoms with E-state index in [4.69, 9.17) is 11.6 Å². The second-order valence-electron chi connectivity index (χ2n) is 8.17. The standard InChI is InChI=1S/C27H28ClN3O4/c1-2-3-16-31(26(33)22-10-7-15-29-24(22)28)18-20-11-13-21(14-12-20)25(32)30-23(27(34)35)17-19-8-5-4-6-9-19/h4-15,23H,2-3,16-18H2,1H3,(H,30,32)(H,34,35)/t23-/m0/s1. The van der Waals surface area contributed by atoms with Crippen LogP contribution >= 0.6 is 11.6 Å². The van der Waals surface area contributed by atoms with Crippen LogP contribution in [0.15, 0.2) is 72.9 Å². The first-order valence-electron chi connectivity index (χ1n) is 11.5. The van der Waals surface area contributed by atoms with E-state index in [0.717, 1.165) is 24.0 Å².